The van der Waals surface area contributed by atoms with Crippen LogP contribution in [0.5, 0.6) is 5.75 Å². The van der Waals surface area contributed by atoms with Crippen molar-refractivity contribution in [3.63, 3.8) is 0 Å². The number of ether oxygens (including phenoxy) is 1. The van der Waals surface area contributed by atoms with Crippen molar-refractivity contribution in [2.24, 2.45) is 0 Å². The zero-order chi connectivity index (χ0) is 33.3. The summed E-state index contributed by atoms with van der Waals surface area (Å²) in [5.74, 6) is 0.279. The number of benzene rings is 4. The molecule has 47 heavy (non-hydrogen) atoms. The molecule has 4 aromatic carbocycles. The molecule has 0 aliphatic heterocycles. The fraction of sp³-hybridized carbons (Fsp3) is 0.0833. The first-order chi connectivity index (χ1) is 22.7. The van der Waals surface area contributed by atoms with Crippen molar-refractivity contribution in [3.05, 3.63) is 136 Å². The van der Waals surface area contributed by atoms with Gasteiger partial charge in [-0.25, -0.2) is 0 Å². The van der Waals surface area contributed by atoms with Gasteiger partial charge in [0.05, 0.1) is 28.6 Å². The van der Waals surface area contributed by atoms with Crippen molar-refractivity contribution >= 4 is 70.1 Å². The number of rotatable bonds is 11. The maximum absolute atomic E-state index is 13.5. The van der Waals surface area contributed by atoms with Crippen molar-refractivity contribution in [1.29, 1.82) is 0 Å². The van der Waals surface area contributed by atoms with Gasteiger partial charge >= 0.3 is 0 Å². The fourth-order valence-corrected chi connectivity index (χ4v) is 5.73. The highest BCUT2D eigenvalue weighted by Crippen LogP contribution is 2.32. The van der Waals surface area contributed by atoms with Crippen LogP contribution in [0.4, 0.5) is 11.4 Å². The van der Waals surface area contributed by atoms with Crippen LogP contribution in [-0.2, 0) is 9.59 Å². The standard InChI is InChI=1S/C36H29Cl2N3O5S/c1-22(34(42)40-30-18-12-24(37)20-29(30)38)47-27-16-13-25(14-17-27)39-36(44)31(41-35(43)23-8-4-3-5-9-23)21-26-15-19-33(46-26)28-10-6-7-11-32(28)45-2/h3-22H,1-2H3,(H,39,44)(H,40,42)(H,41,43)/b31-21-/t22-/m1/s1. The number of amides is 3. The molecule has 0 aliphatic carbocycles. The largest absolute Gasteiger partial charge is 0.496 e. The number of halogens is 2. The van der Waals surface area contributed by atoms with E-state index in [4.69, 9.17) is 32.4 Å². The molecule has 1 atom stereocenters. The second kappa shape index (κ2) is 15.6. The highest BCUT2D eigenvalue weighted by Gasteiger charge is 2.19. The SMILES string of the molecule is COc1ccccc1-c1ccc(/C=C(\NC(=O)c2ccccc2)C(=O)Nc2ccc(S[C@H](C)C(=O)Nc3ccc(Cl)cc3Cl)cc2)o1. The lowest BCUT2D eigenvalue weighted by molar-refractivity contribution is -0.115. The van der Waals surface area contributed by atoms with E-state index in [1.807, 2.05) is 24.3 Å². The van der Waals surface area contributed by atoms with Crippen molar-refractivity contribution < 1.29 is 23.5 Å². The Morgan fingerprint density at radius 3 is 2.30 bits per heavy atom. The van der Waals surface area contributed by atoms with Crippen LogP contribution in [0.25, 0.3) is 17.4 Å². The maximum atomic E-state index is 13.5. The molecule has 3 amide bonds. The lowest BCUT2D eigenvalue weighted by Gasteiger charge is -2.14. The molecular formula is C36H29Cl2N3O5S. The van der Waals surface area contributed by atoms with Gasteiger partial charge in [0.15, 0.2) is 0 Å². The quantitative estimate of drug-likeness (QED) is 0.0947. The van der Waals surface area contributed by atoms with Gasteiger partial charge in [0.2, 0.25) is 5.91 Å². The first kappa shape index (κ1) is 33.4. The molecule has 0 radical (unpaired) electrons. The van der Waals surface area contributed by atoms with Crippen LogP contribution in [0.15, 0.2) is 124 Å². The Bertz CT molecular complexity index is 1930. The molecule has 8 nitrogen and oxygen atoms in total. The number of anilines is 2. The zero-order valence-corrected chi connectivity index (χ0v) is 27.6. The predicted octanol–water partition coefficient (Wildman–Crippen LogP) is 8.79. The molecule has 1 heterocycles. The van der Waals surface area contributed by atoms with E-state index >= 15 is 0 Å². The van der Waals surface area contributed by atoms with Gasteiger partial charge in [0, 0.05) is 27.2 Å². The minimum atomic E-state index is -0.558. The van der Waals surface area contributed by atoms with Gasteiger partial charge in [0.25, 0.3) is 11.8 Å². The van der Waals surface area contributed by atoms with Crippen molar-refractivity contribution in [2.45, 2.75) is 17.1 Å². The monoisotopic (exact) mass is 685 g/mol. The molecule has 0 aliphatic rings. The predicted molar refractivity (Wildman–Crippen MR) is 188 cm³/mol. The highest BCUT2D eigenvalue weighted by atomic mass is 35.5. The molecular weight excluding hydrogens is 657 g/mol. The minimum Gasteiger partial charge on any atom is -0.496 e. The molecule has 0 spiro atoms. The van der Waals surface area contributed by atoms with Crippen molar-refractivity contribution in [1.82, 2.24) is 5.32 Å². The van der Waals surface area contributed by atoms with Crippen LogP contribution in [0.3, 0.4) is 0 Å². The molecule has 0 saturated heterocycles. The number of carbonyl (C=O) groups excluding carboxylic acids is 3. The van der Waals surface area contributed by atoms with E-state index in [0.29, 0.717) is 44.3 Å². The summed E-state index contributed by atoms with van der Waals surface area (Å²) >= 11 is 13.5. The van der Waals surface area contributed by atoms with Gasteiger partial charge in [-0.3, -0.25) is 14.4 Å². The second-order valence-electron chi connectivity index (χ2n) is 10.1. The molecule has 1 aromatic heterocycles. The molecule has 11 heteroatoms. The van der Waals surface area contributed by atoms with E-state index in [0.717, 1.165) is 10.5 Å². The second-order valence-corrected chi connectivity index (χ2v) is 12.4. The number of nitrogens with one attached hydrogen (secondary N) is 3. The van der Waals surface area contributed by atoms with Crippen LogP contribution in [0.2, 0.25) is 10.0 Å². The average Bonchev–Trinajstić information content (AvgIpc) is 3.55. The van der Waals surface area contributed by atoms with Crippen LogP contribution in [0.1, 0.15) is 23.0 Å². The van der Waals surface area contributed by atoms with Gasteiger partial charge in [-0.05, 0) is 85.8 Å². The number of para-hydroxylation sites is 1. The average molecular weight is 687 g/mol. The third kappa shape index (κ3) is 8.86. The van der Waals surface area contributed by atoms with Crippen LogP contribution >= 0.6 is 35.0 Å². The number of hydrogen-bond donors (Lipinski definition) is 3. The van der Waals surface area contributed by atoms with Gasteiger partial charge in [-0.15, -0.1) is 11.8 Å². The Morgan fingerprint density at radius 1 is 0.851 bits per heavy atom. The third-order valence-electron chi connectivity index (χ3n) is 6.80. The van der Waals surface area contributed by atoms with Gasteiger partial charge < -0.3 is 25.1 Å². The Hall–Kier alpha value is -4.96. The Labute approximate surface area is 286 Å². The summed E-state index contributed by atoms with van der Waals surface area (Å²) in [7, 11) is 1.58. The molecule has 3 N–H and O–H groups in total. The third-order valence-corrected chi connectivity index (χ3v) is 8.46. The van der Waals surface area contributed by atoms with Gasteiger partial charge in [0.1, 0.15) is 23.0 Å². The number of furan rings is 1. The lowest BCUT2D eigenvalue weighted by Crippen LogP contribution is -2.30. The Morgan fingerprint density at radius 2 is 1.57 bits per heavy atom. The first-order valence-corrected chi connectivity index (χ1v) is 16.0. The summed E-state index contributed by atoms with van der Waals surface area (Å²) in [4.78, 5) is 40.1. The van der Waals surface area contributed by atoms with Gasteiger partial charge in [-0.1, -0.05) is 53.5 Å². The number of carbonyl (C=O) groups is 3. The number of thioether (sulfide) groups is 1. The highest BCUT2D eigenvalue weighted by molar-refractivity contribution is 8.00. The van der Waals surface area contributed by atoms with Crippen LogP contribution in [0, 0.1) is 0 Å². The van der Waals surface area contributed by atoms with E-state index in [-0.39, 0.29) is 11.6 Å². The lowest BCUT2D eigenvalue weighted by atomic mass is 10.1. The normalized spacial score (nSPS) is 11.8. The molecule has 238 valence electrons. The molecule has 0 bridgehead atoms. The number of methoxy groups -OCH3 is 1. The Balaban J connectivity index is 1.30. The van der Waals surface area contributed by atoms with E-state index in [9.17, 15) is 14.4 Å². The summed E-state index contributed by atoms with van der Waals surface area (Å²) in [6, 6.07) is 31.3. The molecule has 5 rings (SSSR count). The van der Waals surface area contributed by atoms with Crippen molar-refractivity contribution in [2.75, 3.05) is 17.7 Å². The molecule has 5 aromatic rings. The summed E-state index contributed by atoms with van der Waals surface area (Å²) < 4.78 is 11.5. The Kier molecular flexibility index (Phi) is 11.1. The topological polar surface area (TPSA) is 110 Å². The van der Waals surface area contributed by atoms with E-state index in [1.165, 1.54) is 17.8 Å². The zero-order valence-electron chi connectivity index (χ0n) is 25.3. The van der Waals surface area contributed by atoms with E-state index in [1.54, 1.807) is 99.0 Å². The summed E-state index contributed by atoms with van der Waals surface area (Å²) in [6.45, 7) is 1.78. The smallest absolute Gasteiger partial charge is 0.272 e. The summed E-state index contributed by atoms with van der Waals surface area (Å²) in [5.41, 5.74) is 2.06. The fourth-order valence-electron chi connectivity index (χ4n) is 4.41. The summed E-state index contributed by atoms with van der Waals surface area (Å²) in [6.07, 6.45) is 1.46. The van der Waals surface area contributed by atoms with E-state index in [2.05, 4.69) is 16.0 Å². The summed E-state index contributed by atoms with van der Waals surface area (Å²) in [5, 5.41) is 8.72. The van der Waals surface area contributed by atoms with Crippen molar-refractivity contribution in [3.8, 4) is 17.1 Å². The van der Waals surface area contributed by atoms with Crippen LogP contribution in [-0.4, -0.2) is 30.1 Å². The van der Waals surface area contributed by atoms with Crippen LogP contribution < -0.4 is 20.7 Å². The molecule has 0 fully saturated rings. The van der Waals surface area contributed by atoms with E-state index < -0.39 is 17.1 Å². The molecule has 0 unspecified atom stereocenters. The maximum Gasteiger partial charge on any atom is 0.272 e. The minimum absolute atomic E-state index is 0.0237. The number of hydrogen-bond acceptors (Lipinski definition) is 6. The first-order valence-electron chi connectivity index (χ1n) is 14.4. The van der Waals surface area contributed by atoms with Gasteiger partial charge in [-0.2, -0.15) is 0 Å². The molecule has 0 saturated carbocycles.